The van der Waals surface area contributed by atoms with E-state index < -0.39 is 5.60 Å². The molecule has 0 saturated carbocycles. The van der Waals surface area contributed by atoms with Crippen LogP contribution in [-0.4, -0.2) is 39.6 Å². The lowest BCUT2D eigenvalue weighted by Gasteiger charge is -2.38. The van der Waals surface area contributed by atoms with Crippen LogP contribution in [0.25, 0.3) is 0 Å². The zero-order valence-corrected chi connectivity index (χ0v) is 13.8. The van der Waals surface area contributed by atoms with Crippen LogP contribution < -0.4 is 0 Å². The second-order valence-electron chi connectivity index (χ2n) is 6.18. The van der Waals surface area contributed by atoms with Crippen molar-refractivity contribution in [3.05, 3.63) is 64.7 Å². The summed E-state index contributed by atoms with van der Waals surface area (Å²) in [6, 6.07) is 7.85. The highest BCUT2D eigenvalue weighted by molar-refractivity contribution is 6.33. The lowest BCUT2D eigenvalue weighted by molar-refractivity contribution is -0.0162. The fourth-order valence-corrected chi connectivity index (χ4v) is 3.25. The normalized spacial score (nSPS) is 16.9. The molecule has 1 fully saturated rings. The lowest BCUT2D eigenvalue weighted by atomic mass is 9.85. The molecule has 0 bridgehead atoms. The minimum Gasteiger partial charge on any atom is -0.389 e. The molecule has 1 aromatic heterocycles. The van der Waals surface area contributed by atoms with Crippen molar-refractivity contribution >= 4 is 17.5 Å². The number of piperidine rings is 1. The van der Waals surface area contributed by atoms with E-state index in [1.54, 1.807) is 23.1 Å². The first kappa shape index (κ1) is 16.9. The van der Waals surface area contributed by atoms with Gasteiger partial charge in [0.2, 0.25) is 0 Å². The number of benzene rings is 1. The van der Waals surface area contributed by atoms with Crippen molar-refractivity contribution < 1.29 is 14.3 Å². The number of hydrogen-bond acceptors (Lipinski definition) is 3. The van der Waals surface area contributed by atoms with Crippen molar-refractivity contribution in [3.63, 3.8) is 0 Å². The zero-order chi connectivity index (χ0) is 17.2. The number of amides is 1. The average Bonchev–Trinajstić information content (AvgIpc) is 2.55. The van der Waals surface area contributed by atoms with E-state index in [1.165, 1.54) is 24.5 Å². The van der Waals surface area contributed by atoms with Crippen LogP contribution in [-0.2, 0) is 6.42 Å². The number of rotatable bonds is 3. The molecular formula is C18H18ClFN2O2. The van der Waals surface area contributed by atoms with Crippen molar-refractivity contribution in [3.8, 4) is 0 Å². The van der Waals surface area contributed by atoms with E-state index in [9.17, 15) is 14.3 Å². The van der Waals surface area contributed by atoms with Crippen molar-refractivity contribution in [2.75, 3.05) is 13.1 Å². The molecule has 126 valence electrons. The van der Waals surface area contributed by atoms with Gasteiger partial charge in [-0.2, -0.15) is 0 Å². The number of aliphatic hydroxyl groups is 1. The molecule has 2 heterocycles. The van der Waals surface area contributed by atoms with Crippen molar-refractivity contribution in [2.24, 2.45) is 0 Å². The largest absolute Gasteiger partial charge is 0.389 e. The fourth-order valence-electron chi connectivity index (χ4n) is 3.05. The lowest BCUT2D eigenvalue weighted by Crippen LogP contribution is -2.47. The molecule has 3 rings (SSSR count). The van der Waals surface area contributed by atoms with Crippen LogP contribution in [0.15, 0.2) is 42.7 Å². The molecule has 0 spiro atoms. The number of carbonyl (C=O) groups excluding carboxylic acids is 1. The topological polar surface area (TPSA) is 53.4 Å². The minimum absolute atomic E-state index is 0.157. The number of aromatic nitrogens is 1. The van der Waals surface area contributed by atoms with Gasteiger partial charge in [0.15, 0.2) is 0 Å². The Morgan fingerprint density at radius 1 is 1.33 bits per heavy atom. The van der Waals surface area contributed by atoms with Gasteiger partial charge in [0, 0.05) is 31.9 Å². The van der Waals surface area contributed by atoms with E-state index in [1.807, 2.05) is 0 Å². The standard InChI is InChI=1S/C18H18ClFN2O2/c19-16-12-21-7-4-15(16)17(23)22-8-5-18(24,6-9-22)11-13-2-1-3-14(20)10-13/h1-4,7,10,12,24H,5-6,8-9,11H2. The predicted octanol–water partition coefficient (Wildman–Crippen LogP) is 3.08. The monoisotopic (exact) mass is 348 g/mol. The van der Waals surface area contributed by atoms with Gasteiger partial charge in [0.05, 0.1) is 16.2 Å². The van der Waals surface area contributed by atoms with E-state index in [2.05, 4.69) is 4.98 Å². The van der Waals surface area contributed by atoms with Gasteiger partial charge < -0.3 is 10.0 Å². The smallest absolute Gasteiger partial charge is 0.255 e. The molecule has 0 radical (unpaired) electrons. The van der Waals surface area contributed by atoms with Crippen LogP contribution in [0.5, 0.6) is 0 Å². The summed E-state index contributed by atoms with van der Waals surface area (Å²) in [6.45, 7) is 0.868. The molecule has 0 unspecified atom stereocenters. The van der Waals surface area contributed by atoms with Gasteiger partial charge in [0.1, 0.15) is 5.82 Å². The molecular weight excluding hydrogens is 331 g/mol. The first-order valence-electron chi connectivity index (χ1n) is 7.82. The van der Waals surface area contributed by atoms with Gasteiger partial charge in [-0.3, -0.25) is 9.78 Å². The molecule has 24 heavy (non-hydrogen) atoms. The highest BCUT2D eigenvalue weighted by Crippen LogP contribution is 2.28. The first-order chi connectivity index (χ1) is 11.5. The number of carbonyl (C=O) groups is 1. The Morgan fingerprint density at radius 2 is 2.08 bits per heavy atom. The summed E-state index contributed by atoms with van der Waals surface area (Å²) in [5, 5.41) is 11.1. The third-order valence-corrected chi connectivity index (χ3v) is 4.71. The zero-order valence-electron chi connectivity index (χ0n) is 13.1. The average molecular weight is 349 g/mol. The number of pyridine rings is 1. The Bertz CT molecular complexity index is 745. The SMILES string of the molecule is O=C(c1ccncc1Cl)N1CCC(O)(Cc2cccc(F)c2)CC1. The van der Waals surface area contributed by atoms with Crippen LogP contribution in [0, 0.1) is 5.82 Å². The van der Waals surface area contributed by atoms with E-state index in [-0.39, 0.29) is 11.7 Å². The van der Waals surface area contributed by atoms with Crippen molar-refractivity contribution in [1.29, 1.82) is 0 Å². The van der Waals surface area contributed by atoms with Gasteiger partial charge in [-0.05, 0) is 36.6 Å². The quantitative estimate of drug-likeness (QED) is 0.927. The summed E-state index contributed by atoms with van der Waals surface area (Å²) in [4.78, 5) is 18.1. The van der Waals surface area contributed by atoms with Crippen LogP contribution >= 0.6 is 11.6 Å². The Morgan fingerprint density at radius 3 is 2.75 bits per heavy atom. The van der Waals surface area contributed by atoms with E-state index in [0.717, 1.165) is 5.56 Å². The summed E-state index contributed by atoms with van der Waals surface area (Å²) in [6.07, 6.45) is 4.24. The number of nitrogens with zero attached hydrogens (tertiary/aromatic N) is 2. The maximum atomic E-state index is 13.3. The van der Waals surface area contributed by atoms with Gasteiger partial charge in [-0.15, -0.1) is 0 Å². The first-order valence-corrected chi connectivity index (χ1v) is 8.20. The number of hydrogen-bond donors (Lipinski definition) is 1. The maximum Gasteiger partial charge on any atom is 0.255 e. The summed E-state index contributed by atoms with van der Waals surface area (Å²) >= 11 is 6.02. The predicted molar refractivity (Wildman–Crippen MR) is 89.4 cm³/mol. The van der Waals surface area contributed by atoms with Gasteiger partial charge in [-0.1, -0.05) is 23.7 Å². The Balaban J connectivity index is 1.65. The highest BCUT2D eigenvalue weighted by Gasteiger charge is 2.34. The molecule has 6 heteroatoms. The van der Waals surface area contributed by atoms with Crippen molar-refractivity contribution in [1.82, 2.24) is 9.88 Å². The molecule has 1 amide bonds. The second-order valence-corrected chi connectivity index (χ2v) is 6.59. The summed E-state index contributed by atoms with van der Waals surface area (Å²) in [5.41, 5.74) is 0.253. The molecule has 1 aliphatic heterocycles. The van der Waals surface area contributed by atoms with Crippen LogP contribution in [0.2, 0.25) is 5.02 Å². The molecule has 1 N–H and O–H groups in total. The maximum absolute atomic E-state index is 13.3. The molecule has 1 aromatic carbocycles. The molecule has 2 aromatic rings. The Labute approximate surface area is 144 Å². The second kappa shape index (κ2) is 6.87. The number of halogens is 2. The summed E-state index contributed by atoms with van der Waals surface area (Å²) in [7, 11) is 0. The van der Waals surface area contributed by atoms with Crippen LogP contribution in [0.4, 0.5) is 4.39 Å². The van der Waals surface area contributed by atoms with E-state index in [0.29, 0.717) is 42.9 Å². The number of likely N-dealkylation sites (tertiary alicyclic amines) is 1. The third kappa shape index (κ3) is 3.74. The fraction of sp³-hybridized carbons (Fsp3) is 0.333. The van der Waals surface area contributed by atoms with Gasteiger partial charge in [0.25, 0.3) is 5.91 Å². The van der Waals surface area contributed by atoms with Crippen molar-refractivity contribution in [2.45, 2.75) is 24.9 Å². The van der Waals surface area contributed by atoms with E-state index >= 15 is 0 Å². The Kier molecular flexibility index (Phi) is 4.83. The minimum atomic E-state index is -0.924. The van der Waals surface area contributed by atoms with Gasteiger partial charge in [-0.25, -0.2) is 4.39 Å². The van der Waals surface area contributed by atoms with Gasteiger partial charge >= 0.3 is 0 Å². The Hall–Kier alpha value is -1.98. The third-order valence-electron chi connectivity index (χ3n) is 4.41. The molecule has 0 aliphatic carbocycles. The molecule has 1 saturated heterocycles. The van der Waals surface area contributed by atoms with Crippen LogP contribution in [0.3, 0.4) is 0 Å². The molecule has 4 nitrogen and oxygen atoms in total. The summed E-state index contributed by atoms with van der Waals surface area (Å²) in [5.74, 6) is -0.466. The van der Waals surface area contributed by atoms with E-state index in [4.69, 9.17) is 11.6 Å². The summed E-state index contributed by atoms with van der Waals surface area (Å²) < 4.78 is 13.3. The molecule has 0 atom stereocenters. The molecule has 1 aliphatic rings. The van der Waals surface area contributed by atoms with Crippen LogP contribution in [0.1, 0.15) is 28.8 Å². The highest BCUT2D eigenvalue weighted by atomic mass is 35.5.